The van der Waals surface area contributed by atoms with Crippen LogP contribution in [0.2, 0.25) is 0 Å². The highest BCUT2D eigenvalue weighted by molar-refractivity contribution is 5.73. The predicted octanol–water partition coefficient (Wildman–Crippen LogP) is 0.393. The lowest BCUT2D eigenvalue weighted by Gasteiger charge is -2.07. The lowest BCUT2D eigenvalue weighted by atomic mass is 10.3. The van der Waals surface area contributed by atoms with E-state index in [1.165, 1.54) is 0 Å². The lowest BCUT2D eigenvalue weighted by molar-refractivity contribution is 0.112. The van der Waals surface area contributed by atoms with Gasteiger partial charge in [-0.25, -0.2) is 9.97 Å². The summed E-state index contributed by atoms with van der Waals surface area (Å²) >= 11 is 0. The topological polar surface area (TPSA) is 46.1 Å². The first kappa shape index (κ1) is 9.80. The summed E-state index contributed by atoms with van der Waals surface area (Å²) in [6.07, 6.45) is 4.65. The number of nitrogens with zero attached hydrogens (tertiary/aromatic N) is 3. The first-order chi connectivity index (χ1) is 6.22. The van der Waals surface area contributed by atoms with E-state index in [2.05, 4.69) is 14.9 Å². The zero-order valence-electron chi connectivity index (χ0n) is 7.90. The molecule has 0 spiro atoms. The summed E-state index contributed by atoms with van der Waals surface area (Å²) in [4.78, 5) is 20.5. The van der Waals surface area contributed by atoms with Gasteiger partial charge in [0.25, 0.3) is 0 Å². The molecule has 1 heterocycles. The summed E-state index contributed by atoms with van der Waals surface area (Å²) in [5.74, 6) is 0.777. The van der Waals surface area contributed by atoms with E-state index in [0.717, 1.165) is 25.1 Å². The third-order valence-electron chi connectivity index (χ3n) is 1.64. The van der Waals surface area contributed by atoms with Gasteiger partial charge in [-0.15, -0.1) is 0 Å². The molecule has 0 aliphatic heterocycles. The average molecular weight is 179 g/mol. The fraction of sp³-hybridized carbons (Fsp3) is 0.444. The summed E-state index contributed by atoms with van der Waals surface area (Å²) in [6.45, 7) is 0.917. The van der Waals surface area contributed by atoms with Crippen LogP contribution in [0.15, 0.2) is 12.4 Å². The van der Waals surface area contributed by atoms with Crippen LogP contribution in [0.25, 0.3) is 0 Å². The Kier molecular flexibility index (Phi) is 3.52. The Morgan fingerprint density at radius 1 is 1.38 bits per heavy atom. The molecule has 4 nitrogen and oxygen atoms in total. The molecule has 13 heavy (non-hydrogen) atoms. The maximum absolute atomic E-state index is 10.3. The van der Waals surface area contributed by atoms with Gasteiger partial charge in [0.15, 0.2) is 6.29 Å². The average Bonchev–Trinajstić information content (AvgIpc) is 2.15. The van der Waals surface area contributed by atoms with Crippen LogP contribution in [0.3, 0.4) is 0 Å². The van der Waals surface area contributed by atoms with Crippen LogP contribution in [-0.4, -0.2) is 41.8 Å². The van der Waals surface area contributed by atoms with Crippen molar-refractivity contribution in [1.29, 1.82) is 0 Å². The number of hydrogen-bond donors (Lipinski definition) is 0. The van der Waals surface area contributed by atoms with E-state index in [4.69, 9.17) is 0 Å². The van der Waals surface area contributed by atoms with Crippen LogP contribution in [0.4, 0.5) is 0 Å². The van der Waals surface area contributed by atoms with Crippen molar-refractivity contribution in [2.75, 3.05) is 20.6 Å². The molecule has 70 valence electrons. The predicted molar refractivity (Wildman–Crippen MR) is 49.7 cm³/mol. The zero-order valence-corrected chi connectivity index (χ0v) is 7.90. The van der Waals surface area contributed by atoms with Crippen molar-refractivity contribution in [3.63, 3.8) is 0 Å². The van der Waals surface area contributed by atoms with Gasteiger partial charge in [-0.05, 0) is 14.1 Å². The van der Waals surface area contributed by atoms with Gasteiger partial charge >= 0.3 is 0 Å². The highest BCUT2D eigenvalue weighted by Crippen LogP contribution is 1.94. The summed E-state index contributed by atoms with van der Waals surface area (Å²) in [5, 5.41) is 0. The molecular formula is C9H13N3O. The molecule has 0 aromatic carbocycles. The van der Waals surface area contributed by atoms with Crippen molar-refractivity contribution in [2.45, 2.75) is 6.42 Å². The Labute approximate surface area is 77.6 Å². The Hall–Kier alpha value is -1.29. The number of rotatable bonds is 4. The molecule has 0 N–H and O–H groups in total. The summed E-state index contributed by atoms with van der Waals surface area (Å²) in [6, 6.07) is 0. The van der Waals surface area contributed by atoms with Gasteiger partial charge in [0.2, 0.25) is 0 Å². The number of aromatic nitrogens is 2. The Balaban J connectivity index is 2.54. The van der Waals surface area contributed by atoms with Crippen molar-refractivity contribution in [3.8, 4) is 0 Å². The molecule has 0 radical (unpaired) electrons. The lowest BCUT2D eigenvalue weighted by Crippen LogP contribution is -2.16. The van der Waals surface area contributed by atoms with Crippen molar-refractivity contribution < 1.29 is 4.79 Å². The van der Waals surface area contributed by atoms with Crippen LogP contribution >= 0.6 is 0 Å². The Bertz CT molecular complexity index is 269. The quantitative estimate of drug-likeness (QED) is 0.627. The van der Waals surface area contributed by atoms with Crippen LogP contribution < -0.4 is 0 Å². The van der Waals surface area contributed by atoms with E-state index in [1.54, 1.807) is 12.4 Å². The fourth-order valence-electron chi connectivity index (χ4n) is 0.878. The number of aldehydes is 1. The van der Waals surface area contributed by atoms with Gasteiger partial charge in [-0.3, -0.25) is 4.79 Å². The SMILES string of the molecule is CN(C)CCc1ncc(C=O)cn1. The van der Waals surface area contributed by atoms with Gasteiger partial charge in [0.05, 0.1) is 5.56 Å². The fourth-order valence-corrected chi connectivity index (χ4v) is 0.878. The number of carbonyl (C=O) groups excluding carboxylic acids is 1. The minimum atomic E-state index is 0.522. The molecule has 0 aliphatic carbocycles. The zero-order chi connectivity index (χ0) is 9.68. The van der Waals surface area contributed by atoms with Crippen molar-refractivity contribution in [1.82, 2.24) is 14.9 Å². The largest absolute Gasteiger partial charge is 0.309 e. The standard InChI is InChI=1S/C9H13N3O/c1-12(2)4-3-9-10-5-8(7-13)6-11-9/h5-7H,3-4H2,1-2H3. The summed E-state index contributed by atoms with van der Waals surface area (Å²) < 4.78 is 0. The Morgan fingerprint density at radius 2 is 2.00 bits per heavy atom. The summed E-state index contributed by atoms with van der Waals surface area (Å²) in [7, 11) is 4.00. The van der Waals surface area contributed by atoms with E-state index in [0.29, 0.717) is 5.56 Å². The highest BCUT2D eigenvalue weighted by Gasteiger charge is 1.97. The molecule has 0 saturated heterocycles. The van der Waals surface area contributed by atoms with E-state index >= 15 is 0 Å². The maximum Gasteiger partial charge on any atom is 0.153 e. The second kappa shape index (κ2) is 4.67. The maximum atomic E-state index is 10.3. The van der Waals surface area contributed by atoms with Crippen LogP contribution in [0, 0.1) is 0 Å². The molecule has 0 unspecified atom stereocenters. The third-order valence-corrected chi connectivity index (χ3v) is 1.64. The third kappa shape index (κ3) is 3.29. The van der Waals surface area contributed by atoms with Gasteiger partial charge in [-0.2, -0.15) is 0 Å². The van der Waals surface area contributed by atoms with Crippen molar-refractivity contribution in [3.05, 3.63) is 23.8 Å². The summed E-state index contributed by atoms with van der Waals surface area (Å²) in [5.41, 5.74) is 0.522. The molecule has 0 saturated carbocycles. The molecule has 0 amide bonds. The minimum Gasteiger partial charge on any atom is -0.309 e. The van der Waals surface area contributed by atoms with Gasteiger partial charge in [0.1, 0.15) is 5.82 Å². The van der Waals surface area contributed by atoms with Crippen molar-refractivity contribution in [2.24, 2.45) is 0 Å². The van der Waals surface area contributed by atoms with Gasteiger partial charge < -0.3 is 4.90 Å². The monoisotopic (exact) mass is 179 g/mol. The molecule has 1 aromatic heterocycles. The second-order valence-electron chi connectivity index (χ2n) is 3.10. The van der Waals surface area contributed by atoms with Crippen LogP contribution in [0.5, 0.6) is 0 Å². The molecule has 0 aliphatic rings. The molecule has 4 heteroatoms. The number of likely N-dealkylation sites (N-methyl/N-ethyl adjacent to an activating group) is 1. The van der Waals surface area contributed by atoms with E-state index in [-0.39, 0.29) is 0 Å². The highest BCUT2D eigenvalue weighted by atomic mass is 16.1. The molecule has 1 aromatic rings. The molecule has 0 fully saturated rings. The van der Waals surface area contributed by atoms with Gasteiger partial charge in [-0.1, -0.05) is 0 Å². The number of carbonyl (C=O) groups is 1. The minimum absolute atomic E-state index is 0.522. The van der Waals surface area contributed by atoms with Gasteiger partial charge in [0, 0.05) is 25.4 Å². The molecule has 0 bridgehead atoms. The van der Waals surface area contributed by atoms with Crippen LogP contribution in [0.1, 0.15) is 16.2 Å². The molecule has 0 atom stereocenters. The Morgan fingerprint density at radius 3 is 2.46 bits per heavy atom. The number of hydrogen-bond acceptors (Lipinski definition) is 4. The first-order valence-electron chi connectivity index (χ1n) is 4.13. The van der Waals surface area contributed by atoms with E-state index < -0.39 is 0 Å². The van der Waals surface area contributed by atoms with E-state index in [9.17, 15) is 4.79 Å². The normalized spacial score (nSPS) is 10.4. The molecule has 1 rings (SSSR count). The van der Waals surface area contributed by atoms with Crippen molar-refractivity contribution >= 4 is 6.29 Å². The smallest absolute Gasteiger partial charge is 0.153 e. The first-order valence-corrected chi connectivity index (χ1v) is 4.13. The van der Waals surface area contributed by atoms with Crippen LogP contribution in [-0.2, 0) is 6.42 Å². The second-order valence-corrected chi connectivity index (χ2v) is 3.10. The molecular weight excluding hydrogens is 166 g/mol. The van der Waals surface area contributed by atoms with E-state index in [1.807, 2.05) is 14.1 Å².